The first-order valence-electron chi connectivity index (χ1n) is 6.34. The maximum atomic E-state index is 11.7. The van der Waals surface area contributed by atoms with Gasteiger partial charge in [0.1, 0.15) is 0 Å². The molecule has 1 aliphatic rings. The van der Waals surface area contributed by atoms with Crippen LogP contribution in [-0.2, 0) is 11.8 Å². The Bertz CT molecular complexity index is 471. The molecule has 1 heterocycles. The van der Waals surface area contributed by atoms with E-state index in [0.717, 1.165) is 12.8 Å². The van der Waals surface area contributed by atoms with Crippen molar-refractivity contribution in [3.8, 4) is 0 Å². The highest BCUT2D eigenvalue weighted by Gasteiger charge is 2.27. The number of nitrogens with zero attached hydrogens (tertiary/aromatic N) is 2. The number of hydrogen-bond acceptors (Lipinski definition) is 3. The van der Waals surface area contributed by atoms with Crippen LogP contribution in [0, 0.1) is 5.92 Å². The van der Waals surface area contributed by atoms with Crippen molar-refractivity contribution in [2.75, 3.05) is 5.32 Å². The van der Waals surface area contributed by atoms with Gasteiger partial charge in [-0.3, -0.25) is 14.8 Å². The van der Waals surface area contributed by atoms with Crippen molar-refractivity contribution in [3.63, 3.8) is 0 Å². The number of aryl methyl sites for hydroxylation is 1. The van der Waals surface area contributed by atoms with Crippen LogP contribution >= 0.6 is 0 Å². The molecule has 3 N–H and O–H groups in total. The van der Waals surface area contributed by atoms with Crippen LogP contribution in [0.15, 0.2) is 12.3 Å². The third-order valence-corrected chi connectivity index (χ3v) is 3.31. The molecule has 7 nitrogen and oxygen atoms in total. The Kier molecular flexibility index (Phi) is 4.03. The summed E-state index contributed by atoms with van der Waals surface area (Å²) in [5.74, 6) is -0.656. The second-order valence-electron chi connectivity index (χ2n) is 4.87. The van der Waals surface area contributed by atoms with E-state index in [-0.39, 0.29) is 18.0 Å². The van der Waals surface area contributed by atoms with Crippen LogP contribution in [0.2, 0.25) is 0 Å². The van der Waals surface area contributed by atoms with E-state index in [1.54, 1.807) is 24.0 Å². The molecule has 2 rings (SSSR count). The number of carboxylic acid groups (broad SMARTS) is 1. The molecule has 0 radical (unpaired) electrons. The summed E-state index contributed by atoms with van der Waals surface area (Å²) >= 11 is 0. The number of urea groups is 1. The number of anilines is 1. The van der Waals surface area contributed by atoms with Crippen LogP contribution in [0.1, 0.15) is 25.7 Å². The first kappa shape index (κ1) is 13.4. The molecule has 104 valence electrons. The molecule has 0 bridgehead atoms. The number of carboxylic acids is 1. The topological polar surface area (TPSA) is 96.2 Å². The second kappa shape index (κ2) is 5.73. The summed E-state index contributed by atoms with van der Waals surface area (Å²) in [5.41, 5.74) is 0. The third kappa shape index (κ3) is 3.70. The Morgan fingerprint density at radius 1 is 1.47 bits per heavy atom. The molecule has 0 spiro atoms. The fraction of sp³-hybridized carbons (Fsp3) is 0.583. The molecule has 2 unspecified atom stereocenters. The predicted molar refractivity (Wildman–Crippen MR) is 68.7 cm³/mol. The minimum Gasteiger partial charge on any atom is -0.481 e. The number of carbonyl (C=O) groups excluding carboxylic acids is 1. The van der Waals surface area contributed by atoms with E-state index < -0.39 is 5.97 Å². The lowest BCUT2D eigenvalue weighted by molar-refractivity contribution is -0.143. The minimum absolute atomic E-state index is 0.0847. The van der Waals surface area contributed by atoms with Gasteiger partial charge in [-0.15, -0.1) is 0 Å². The highest BCUT2D eigenvalue weighted by molar-refractivity contribution is 5.88. The zero-order valence-electron chi connectivity index (χ0n) is 10.8. The van der Waals surface area contributed by atoms with Crippen LogP contribution in [0.25, 0.3) is 0 Å². The lowest BCUT2D eigenvalue weighted by Crippen LogP contribution is -2.42. The number of carbonyl (C=O) groups is 2. The van der Waals surface area contributed by atoms with Gasteiger partial charge >= 0.3 is 12.0 Å². The Morgan fingerprint density at radius 2 is 2.26 bits per heavy atom. The molecule has 1 aromatic rings. The Balaban J connectivity index is 1.83. The van der Waals surface area contributed by atoms with Crippen molar-refractivity contribution in [2.24, 2.45) is 13.0 Å². The number of rotatable bonds is 3. The van der Waals surface area contributed by atoms with Crippen molar-refractivity contribution < 1.29 is 14.7 Å². The molecule has 7 heteroatoms. The van der Waals surface area contributed by atoms with Crippen molar-refractivity contribution in [2.45, 2.75) is 31.7 Å². The van der Waals surface area contributed by atoms with E-state index in [0.29, 0.717) is 18.7 Å². The number of amides is 2. The van der Waals surface area contributed by atoms with E-state index in [9.17, 15) is 9.59 Å². The molecule has 0 aliphatic heterocycles. The fourth-order valence-electron chi connectivity index (χ4n) is 2.36. The first-order chi connectivity index (χ1) is 9.04. The smallest absolute Gasteiger partial charge is 0.320 e. The third-order valence-electron chi connectivity index (χ3n) is 3.31. The molecule has 0 saturated heterocycles. The average molecular weight is 266 g/mol. The molecule has 2 atom stereocenters. The summed E-state index contributed by atoms with van der Waals surface area (Å²) in [4.78, 5) is 22.7. The average Bonchev–Trinajstić information content (AvgIpc) is 2.74. The quantitative estimate of drug-likeness (QED) is 0.765. The lowest BCUT2D eigenvalue weighted by Gasteiger charge is -2.27. The lowest BCUT2D eigenvalue weighted by atomic mass is 9.86. The van der Waals surface area contributed by atoms with Crippen LogP contribution in [0.4, 0.5) is 10.6 Å². The maximum absolute atomic E-state index is 11.7. The monoisotopic (exact) mass is 266 g/mol. The highest BCUT2D eigenvalue weighted by Crippen LogP contribution is 2.24. The molecule has 19 heavy (non-hydrogen) atoms. The van der Waals surface area contributed by atoms with E-state index in [2.05, 4.69) is 15.7 Å². The largest absolute Gasteiger partial charge is 0.481 e. The van der Waals surface area contributed by atoms with Gasteiger partial charge in [-0.25, -0.2) is 4.79 Å². The summed E-state index contributed by atoms with van der Waals surface area (Å²) in [6.45, 7) is 0. The summed E-state index contributed by atoms with van der Waals surface area (Å²) in [7, 11) is 1.77. The fourth-order valence-corrected chi connectivity index (χ4v) is 2.36. The van der Waals surface area contributed by atoms with Crippen molar-refractivity contribution >= 4 is 17.8 Å². The first-order valence-corrected chi connectivity index (χ1v) is 6.34. The molecule has 1 aromatic heterocycles. The number of aromatic nitrogens is 2. The Hall–Kier alpha value is -2.05. The minimum atomic E-state index is -0.781. The number of nitrogens with one attached hydrogen (secondary N) is 2. The van der Waals surface area contributed by atoms with Gasteiger partial charge in [0.25, 0.3) is 0 Å². The Morgan fingerprint density at radius 3 is 2.89 bits per heavy atom. The van der Waals surface area contributed by atoms with E-state index >= 15 is 0 Å². The normalized spacial score (nSPS) is 22.8. The van der Waals surface area contributed by atoms with Crippen LogP contribution in [0.3, 0.4) is 0 Å². The summed E-state index contributed by atoms with van der Waals surface area (Å²) in [6.07, 6.45) is 4.56. The predicted octanol–water partition coefficient (Wildman–Crippen LogP) is 1.18. The van der Waals surface area contributed by atoms with Crippen molar-refractivity contribution in [3.05, 3.63) is 12.3 Å². The molecular formula is C12H18N4O3. The number of hydrogen-bond donors (Lipinski definition) is 3. The highest BCUT2D eigenvalue weighted by atomic mass is 16.4. The van der Waals surface area contributed by atoms with Gasteiger partial charge in [0.15, 0.2) is 5.82 Å². The van der Waals surface area contributed by atoms with Crippen molar-refractivity contribution in [1.29, 1.82) is 0 Å². The van der Waals surface area contributed by atoms with Gasteiger partial charge in [-0.1, -0.05) is 6.42 Å². The zero-order chi connectivity index (χ0) is 13.8. The molecular weight excluding hydrogens is 248 g/mol. The summed E-state index contributed by atoms with van der Waals surface area (Å²) in [6, 6.07) is 1.27. The molecule has 0 aromatic carbocycles. The molecule has 1 saturated carbocycles. The van der Waals surface area contributed by atoms with Crippen LogP contribution < -0.4 is 10.6 Å². The maximum Gasteiger partial charge on any atom is 0.320 e. The van der Waals surface area contributed by atoms with Crippen molar-refractivity contribution in [1.82, 2.24) is 15.1 Å². The second-order valence-corrected chi connectivity index (χ2v) is 4.87. The van der Waals surface area contributed by atoms with Gasteiger partial charge in [0.2, 0.25) is 0 Å². The van der Waals surface area contributed by atoms with E-state index in [1.807, 2.05) is 0 Å². The summed E-state index contributed by atoms with van der Waals surface area (Å²) < 4.78 is 1.59. The summed E-state index contributed by atoms with van der Waals surface area (Å²) in [5, 5.41) is 18.4. The standard InChI is InChI=1S/C12H18N4O3/c1-16-6-5-10(15-16)14-12(19)13-9-4-2-3-8(7-9)11(17)18/h5-6,8-9H,2-4,7H2,1H3,(H,17,18)(H2,13,14,15,19). The van der Waals surface area contributed by atoms with E-state index in [1.165, 1.54) is 0 Å². The zero-order valence-corrected chi connectivity index (χ0v) is 10.8. The van der Waals surface area contributed by atoms with Crippen LogP contribution in [0.5, 0.6) is 0 Å². The van der Waals surface area contributed by atoms with Gasteiger partial charge in [-0.2, -0.15) is 5.10 Å². The van der Waals surface area contributed by atoms with Gasteiger partial charge < -0.3 is 10.4 Å². The number of aliphatic carboxylic acids is 1. The van der Waals surface area contributed by atoms with Gasteiger partial charge in [-0.05, 0) is 19.3 Å². The molecule has 1 aliphatic carbocycles. The van der Waals surface area contributed by atoms with Gasteiger partial charge in [0, 0.05) is 25.4 Å². The van der Waals surface area contributed by atoms with Crippen LogP contribution in [-0.4, -0.2) is 32.9 Å². The molecule has 2 amide bonds. The van der Waals surface area contributed by atoms with E-state index in [4.69, 9.17) is 5.11 Å². The Labute approximate surface area is 111 Å². The SMILES string of the molecule is Cn1ccc(NC(=O)NC2CCCC(C(=O)O)C2)n1. The molecule has 1 fully saturated rings. The van der Waals surface area contributed by atoms with Gasteiger partial charge in [0.05, 0.1) is 5.92 Å².